The van der Waals surface area contributed by atoms with E-state index in [0.29, 0.717) is 11.7 Å². The van der Waals surface area contributed by atoms with Crippen molar-refractivity contribution in [1.82, 2.24) is 15.0 Å². The van der Waals surface area contributed by atoms with Crippen LogP contribution >= 0.6 is 0 Å². The summed E-state index contributed by atoms with van der Waals surface area (Å²) in [5.41, 5.74) is 0. The van der Waals surface area contributed by atoms with Crippen molar-refractivity contribution >= 4 is 0 Å². The average Bonchev–Trinajstić information content (AvgIpc) is 2.52. The highest BCUT2D eigenvalue weighted by Gasteiger charge is 2.23. The molecule has 1 fully saturated rings. The van der Waals surface area contributed by atoms with Gasteiger partial charge in [0.25, 0.3) is 0 Å². The molecule has 5 heteroatoms. The Labute approximate surface area is 76.7 Å². The smallest absolute Gasteiger partial charge is 0.223 e. The molecule has 0 aliphatic carbocycles. The fraction of sp³-hybridized carbons (Fsp3) is 0.750. The van der Waals surface area contributed by atoms with Crippen LogP contribution < -0.4 is 0 Å². The Hall–Kier alpha value is -0.940. The third kappa shape index (κ3) is 1.87. The second kappa shape index (κ2) is 3.43. The van der Waals surface area contributed by atoms with Gasteiger partial charge in [0.05, 0.1) is 6.61 Å². The summed E-state index contributed by atoms with van der Waals surface area (Å²) in [6, 6.07) is 0. The molecule has 2 heterocycles. The van der Waals surface area contributed by atoms with Gasteiger partial charge in [0.2, 0.25) is 11.7 Å². The average molecular weight is 183 g/mol. The van der Waals surface area contributed by atoms with Gasteiger partial charge in [-0.15, -0.1) is 0 Å². The summed E-state index contributed by atoms with van der Waals surface area (Å²) in [6.45, 7) is 4.31. The molecule has 0 spiro atoms. The monoisotopic (exact) mass is 183 g/mol. The van der Waals surface area contributed by atoms with E-state index in [1.54, 1.807) is 6.92 Å². The lowest BCUT2D eigenvalue weighted by atomic mass is 10.3. The highest BCUT2D eigenvalue weighted by atomic mass is 16.5. The SMILES string of the molecule is Cc1nc(C2CN(C)CCO2)no1. The molecule has 0 bridgehead atoms. The van der Waals surface area contributed by atoms with E-state index in [1.165, 1.54) is 0 Å². The molecule has 5 nitrogen and oxygen atoms in total. The molecule has 1 aromatic heterocycles. The topological polar surface area (TPSA) is 51.4 Å². The van der Waals surface area contributed by atoms with Gasteiger partial charge in [0, 0.05) is 20.0 Å². The van der Waals surface area contributed by atoms with Gasteiger partial charge in [-0.25, -0.2) is 0 Å². The van der Waals surface area contributed by atoms with Gasteiger partial charge in [0.15, 0.2) is 0 Å². The van der Waals surface area contributed by atoms with Crippen molar-refractivity contribution in [2.45, 2.75) is 13.0 Å². The molecule has 1 unspecified atom stereocenters. The van der Waals surface area contributed by atoms with E-state index in [9.17, 15) is 0 Å². The van der Waals surface area contributed by atoms with E-state index < -0.39 is 0 Å². The lowest BCUT2D eigenvalue weighted by Gasteiger charge is -2.27. The second-order valence-corrected chi connectivity index (χ2v) is 3.29. The fourth-order valence-corrected chi connectivity index (χ4v) is 1.38. The number of nitrogens with zero attached hydrogens (tertiary/aromatic N) is 3. The zero-order valence-corrected chi connectivity index (χ0v) is 7.86. The van der Waals surface area contributed by atoms with Crippen molar-refractivity contribution in [3.8, 4) is 0 Å². The molecule has 1 aromatic rings. The minimum Gasteiger partial charge on any atom is -0.367 e. The normalized spacial score (nSPS) is 24.9. The molecule has 2 rings (SSSR count). The van der Waals surface area contributed by atoms with Crippen LogP contribution in [0.4, 0.5) is 0 Å². The van der Waals surface area contributed by atoms with Crippen molar-refractivity contribution in [2.24, 2.45) is 0 Å². The third-order valence-electron chi connectivity index (χ3n) is 2.10. The molecule has 0 radical (unpaired) electrons. The molecule has 0 saturated carbocycles. The number of hydrogen-bond donors (Lipinski definition) is 0. The molecule has 1 aliphatic rings. The lowest BCUT2D eigenvalue weighted by Crippen LogP contribution is -2.35. The second-order valence-electron chi connectivity index (χ2n) is 3.29. The Morgan fingerprint density at radius 3 is 3.00 bits per heavy atom. The maximum absolute atomic E-state index is 5.52. The van der Waals surface area contributed by atoms with Crippen LogP contribution in [0, 0.1) is 6.92 Å². The predicted octanol–water partition coefficient (Wildman–Crippen LogP) is 0.381. The largest absolute Gasteiger partial charge is 0.367 e. The molecule has 1 aliphatic heterocycles. The Kier molecular flexibility index (Phi) is 2.28. The zero-order valence-electron chi connectivity index (χ0n) is 7.86. The highest BCUT2D eigenvalue weighted by molar-refractivity contribution is 4.92. The number of morpholine rings is 1. The van der Waals surface area contributed by atoms with E-state index in [-0.39, 0.29) is 6.10 Å². The van der Waals surface area contributed by atoms with Crippen LogP contribution in [0.3, 0.4) is 0 Å². The van der Waals surface area contributed by atoms with Gasteiger partial charge in [-0.1, -0.05) is 5.16 Å². The van der Waals surface area contributed by atoms with E-state index in [1.807, 2.05) is 0 Å². The Morgan fingerprint density at radius 2 is 2.38 bits per heavy atom. The van der Waals surface area contributed by atoms with Crippen LogP contribution in [0.1, 0.15) is 17.8 Å². The number of aromatic nitrogens is 2. The third-order valence-corrected chi connectivity index (χ3v) is 2.10. The number of likely N-dealkylation sites (N-methyl/N-ethyl adjacent to an activating group) is 1. The van der Waals surface area contributed by atoms with Gasteiger partial charge in [-0.05, 0) is 7.05 Å². The van der Waals surface area contributed by atoms with Crippen molar-refractivity contribution < 1.29 is 9.26 Å². The first kappa shape index (κ1) is 8.65. The molecular weight excluding hydrogens is 170 g/mol. The summed E-state index contributed by atoms with van der Waals surface area (Å²) >= 11 is 0. The summed E-state index contributed by atoms with van der Waals surface area (Å²) in [5.74, 6) is 1.25. The summed E-state index contributed by atoms with van der Waals surface area (Å²) < 4.78 is 10.4. The fourth-order valence-electron chi connectivity index (χ4n) is 1.38. The molecule has 13 heavy (non-hydrogen) atoms. The van der Waals surface area contributed by atoms with Gasteiger partial charge in [-0.2, -0.15) is 4.98 Å². The molecule has 0 amide bonds. The number of aryl methyl sites for hydroxylation is 1. The number of ether oxygens (including phenoxy) is 1. The van der Waals surface area contributed by atoms with Crippen LogP contribution in [0.2, 0.25) is 0 Å². The van der Waals surface area contributed by atoms with E-state index in [0.717, 1.165) is 19.7 Å². The molecular formula is C8H13N3O2. The van der Waals surface area contributed by atoms with Crippen molar-refractivity contribution in [2.75, 3.05) is 26.7 Å². The molecule has 1 atom stereocenters. The molecule has 72 valence electrons. The summed E-state index contributed by atoms with van der Waals surface area (Å²) in [5, 5.41) is 3.84. The minimum atomic E-state index is -0.0313. The summed E-state index contributed by atoms with van der Waals surface area (Å²) in [4.78, 5) is 6.33. The van der Waals surface area contributed by atoms with Gasteiger partial charge >= 0.3 is 0 Å². The van der Waals surface area contributed by atoms with E-state index in [4.69, 9.17) is 9.26 Å². The van der Waals surface area contributed by atoms with Crippen molar-refractivity contribution in [3.05, 3.63) is 11.7 Å². The van der Waals surface area contributed by atoms with Gasteiger partial charge in [-0.3, -0.25) is 0 Å². The predicted molar refractivity (Wildman–Crippen MR) is 45.2 cm³/mol. The zero-order chi connectivity index (χ0) is 9.26. The lowest BCUT2D eigenvalue weighted by molar-refractivity contribution is -0.0264. The Balaban J connectivity index is 2.08. The minimum absolute atomic E-state index is 0.0313. The first-order valence-corrected chi connectivity index (χ1v) is 4.36. The van der Waals surface area contributed by atoms with E-state index >= 15 is 0 Å². The number of rotatable bonds is 1. The first-order chi connectivity index (χ1) is 6.25. The van der Waals surface area contributed by atoms with Crippen LogP contribution in [-0.4, -0.2) is 41.8 Å². The van der Waals surface area contributed by atoms with Gasteiger partial charge < -0.3 is 14.2 Å². The summed E-state index contributed by atoms with van der Waals surface area (Å²) in [7, 11) is 2.06. The van der Waals surface area contributed by atoms with Crippen LogP contribution in [-0.2, 0) is 4.74 Å². The highest BCUT2D eigenvalue weighted by Crippen LogP contribution is 2.18. The Morgan fingerprint density at radius 1 is 1.54 bits per heavy atom. The Bertz CT molecular complexity index is 287. The standard InChI is InChI=1S/C8H13N3O2/c1-6-9-8(10-13-6)7-5-11(2)3-4-12-7/h7H,3-5H2,1-2H3. The maximum atomic E-state index is 5.52. The molecule has 1 saturated heterocycles. The first-order valence-electron chi connectivity index (χ1n) is 4.36. The summed E-state index contributed by atoms with van der Waals surface area (Å²) in [6.07, 6.45) is -0.0313. The number of hydrogen-bond acceptors (Lipinski definition) is 5. The molecule has 0 N–H and O–H groups in total. The van der Waals surface area contributed by atoms with Crippen molar-refractivity contribution in [3.63, 3.8) is 0 Å². The quantitative estimate of drug-likeness (QED) is 0.630. The van der Waals surface area contributed by atoms with Crippen LogP contribution in [0.25, 0.3) is 0 Å². The van der Waals surface area contributed by atoms with Crippen LogP contribution in [0.15, 0.2) is 4.52 Å². The molecule has 0 aromatic carbocycles. The van der Waals surface area contributed by atoms with Crippen molar-refractivity contribution in [1.29, 1.82) is 0 Å². The van der Waals surface area contributed by atoms with E-state index in [2.05, 4.69) is 22.1 Å². The van der Waals surface area contributed by atoms with Gasteiger partial charge in [0.1, 0.15) is 6.10 Å². The maximum Gasteiger partial charge on any atom is 0.223 e. The van der Waals surface area contributed by atoms with Crippen LogP contribution in [0.5, 0.6) is 0 Å².